The predicted molar refractivity (Wildman–Crippen MR) is 81.8 cm³/mol. The van der Waals surface area contributed by atoms with Crippen molar-refractivity contribution in [3.63, 3.8) is 0 Å². The molecule has 1 aromatic carbocycles. The van der Waals surface area contributed by atoms with Crippen LogP contribution >= 0.6 is 23.8 Å². The van der Waals surface area contributed by atoms with Crippen LogP contribution < -0.4 is 11.3 Å². The first-order chi connectivity index (χ1) is 9.40. The van der Waals surface area contributed by atoms with Gasteiger partial charge in [-0.1, -0.05) is 23.8 Å². The van der Waals surface area contributed by atoms with Crippen LogP contribution in [-0.4, -0.2) is 9.56 Å². The zero-order chi connectivity index (χ0) is 14.9. The summed E-state index contributed by atoms with van der Waals surface area (Å²) in [5.74, 6) is -0.415. The van der Waals surface area contributed by atoms with E-state index in [1.807, 2.05) is 0 Å². The summed E-state index contributed by atoms with van der Waals surface area (Å²) in [7, 11) is 0. The van der Waals surface area contributed by atoms with Crippen molar-refractivity contribution in [2.75, 3.05) is 0 Å². The van der Waals surface area contributed by atoms with Crippen LogP contribution in [0.25, 0.3) is 0 Å². The topological polar surface area (TPSA) is 48.0 Å². The lowest BCUT2D eigenvalue weighted by molar-refractivity contribution is 0.593. The molecule has 2 rings (SSSR count). The fourth-order valence-corrected chi connectivity index (χ4v) is 2.24. The average molecular weight is 311 g/mol. The second-order valence-electron chi connectivity index (χ2n) is 4.38. The van der Waals surface area contributed by atoms with Crippen LogP contribution in [0.3, 0.4) is 0 Å². The molecule has 0 spiro atoms. The molecule has 0 fully saturated rings. The van der Waals surface area contributed by atoms with Crippen molar-refractivity contribution >= 4 is 28.8 Å². The first kappa shape index (κ1) is 14.7. The number of thiocarbonyl (C=S) groups is 1. The fourth-order valence-electron chi connectivity index (χ4n) is 1.89. The minimum atomic E-state index is -0.415. The summed E-state index contributed by atoms with van der Waals surface area (Å²) < 4.78 is 15.2. The summed E-state index contributed by atoms with van der Waals surface area (Å²) in [6.07, 6.45) is 0. The van der Waals surface area contributed by atoms with Gasteiger partial charge in [-0.25, -0.2) is 4.39 Å². The molecule has 0 saturated carbocycles. The van der Waals surface area contributed by atoms with E-state index in [0.29, 0.717) is 16.3 Å². The second-order valence-corrected chi connectivity index (χ2v) is 5.26. The molecule has 3 nitrogen and oxygen atoms in total. The molecule has 1 aromatic heterocycles. The van der Waals surface area contributed by atoms with Crippen molar-refractivity contribution in [1.29, 1.82) is 0 Å². The highest BCUT2D eigenvalue weighted by molar-refractivity contribution is 7.80. The third-order valence-electron chi connectivity index (χ3n) is 2.99. The molecule has 20 heavy (non-hydrogen) atoms. The number of hydrogen-bond donors (Lipinski definition) is 1. The lowest BCUT2D eigenvalue weighted by atomic mass is 10.2. The Morgan fingerprint density at radius 2 is 2.10 bits per heavy atom. The highest BCUT2D eigenvalue weighted by atomic mass is 35.5. The molecule has 2 aromatic rings. The standard InChI is InChI=1S/C14H12ClFN2OS/c1-8-2-4-11(13(17)20)14(19)18(8)7-9-6-10(15)3-5-12(9)16/h2-6H,7H2,1H3,(H2,17,20). The molecule has 0 saturated heterocycles. The van der Waals surface area contributed by atoms with E-state index >= 15 is 0 Å². The summed E-state index contributed by atoms with van der Waals surface area (Å²) in [6.45, 7) is 1.83. The number of halogens is 2. The zero-order valence-corrected chi connectivity index (χ0v) is 12.3. The molecule has 1 heterocycles. The van der Waals surface area contributed by atoms with Crippen molar-refractivity contribution < 1.29 is 4.39 Å². The van der Waals surface area contributed by atoms with Crippen LogP contribution in [0.2, 0.25) is 5.02 Å². The molecule has 0 aliphatic rings. The minimum Gasteiger partial charge on any atom is -0.389 e. The average Bonchev–Trinajstić information content (AvgIpc) is 2.38. The van der Waals surface area contributed by atoms with Crippen LogP contribution in [0, 0.1) is 12.7 Å². The Kier molecular flexibility index (Phi) is 4.20. The second kappa shape index (κ2) is 5.73. The van der Waals surface area contributed by atoms with E-state index in [-0.39, 0.29) is 22.7 Å². The quantitative estimate of drug-likeness (QED) is 0.887. The van der Waals surface area contributed by atoms with Gasteiger partial charge < -0.3 is 10.3 Å². The van der Waals surface area contributed by atoms with Gasteiger partial charge in [0.25, 0.3) is 5.56 Å². The summed E-state index contributed by atoms with van der Waals surface area (Å²) >= 11 is 10.7. The van der Waals surface area contributed by atoms with Crippen LogP contribution in [0.1, 0.15) is 16.8 Å². The Hall–Kier alpha value is -1.72. The van der Waals surface area contributed by atoms with Crippen LogP contribution in [0.4, 0.5) is 4.39 Å². The summed E-state index contributed by atoms with van der Waals surface area (Å²) in [6, 6.07) is 7.52. The number of aromatic nitrogens is 1. The third-order valence-corrected chi connectivity index (χ3v) is 3.45. The Bertz CT molecular complexity index is 742. The van der Waals surface area contributed by atoms with Gasteiger partial charge in [-0.3, -0.25) is 4.79 Å². The fraction of sp³-hybridized carbons (Fsp3) is 0.143. The number of benzene rings is 1. The number of aryl methyl sites for hydroxylation is 1. The lowest BCUT2D eigenvalue weighted by Crippen LogP contribution is -2.30. The lowest BCUT2D eigenvalue weighted by Gasteiger charge is -2.12. The van der Waals surface area contributed by atoms with Crippen molar-refractivity contribution in [2.45, 2.75) is 13.5 Å². The van der Waals surface area contributed by atoms with E-state index < -0.39 is 5.82 Å². The largest absolute Gasteiger partial charge is 0.389 e. The Morgan fingerprint density at radius 3 is 2.75 bits per heavy atom. The molecule has 0 atom stereocenters. The van der Waals surface area contributed by atoms with Gasteiger partial charge in [0.1, 0.15) is 10.8 Å². The van der Waals surface area contributed by atoms with E-state index in [2.05, 4.69) is 0 Å². The predicted octanol–water partition coefficient (Wildman–Crippen LogP) is 2.63. The molecule has 0 aliphatic carbocycles. The van der Waals surface area contributed by atoms with Crippen LogP contribution in [-0.2, 0) is 6.54 Å². The first-order valence-corrected chi connectivity index (χ1v) is 6.63. The van der Waals surface area contributed by atoms with Crippen molar-refractivity contribution in [3.05, 3.63) is 68.3 Å². The Labute approximate surface area is 125 Å². The third kappa shape index (κ3) is 2.89. The number of nitrogens with two attached hydrogens (primary N) is 1. The first-order valence-electron chi connectivity index (χ1n) is 5.84. The molecule has 104 valence electrons. The maximum atomic E-state index is 13.8. The molecule has 0 aliphatic heterocycles. The van der Waals surface area contributed by atoms with E-state index in [1.54, 1.807) is 19.1 Å². The van der Waals surface area contributed by atoms with Gasteiger partial charge in [0.2, 0.25) is 0 Å². The SMILES string of the molecule is Cc1ccc(C(N)=S)c(=O)n1Cc1cc(Cl)ccc1F. The van der Waals surface area contributed by atoms with Gasteiger partial charge >= 0.3 is 0 Å². The van der Waals surface area contributed by atoms with Crippen LogP contribution in [0.15, 0.2) is 35.1 Å². The molecular formula is C14H12ClFN2OS. The molecule has 0 unspecified atom stereocenters. The number of pyridine rings is 1. The Morgan fingerprint density at radius 1 is 1.40 bits per heavy atom. The highest BCUT2D eigenvalue weighted by Gasteiger charge is 2.11. The number of nitrogens with zero attached hydrogens (tertiary/aromatic N) is 1. The molecule has 0 bridgehead atoms. The molecule has 0 radical (unpaired) electrons. The van der Waals surface area contributed by atoms with Gasteiger partial charge in [0.05, 0.1) is 12.1 Å². The summed E-state index contributed by atoms with van der Waals surface area (Å²) in [4.78, 5) is 12.3. The van der Waals surface area contributed by atoms with Gasteiger partial charge in [0.15, 0.2) is 0 Å². The number of rotatable bonds is 3. The van der Waals surface area contributed by atoms with Gasteiger partial charge in [-0.05, 0) is 37.3 Å². The maximum Gasteiger partial charge on any atom is 0.261 e. The van der Waals surface area contributed by atoms with E-state index in [0.717, 1.165) is 0 Å². The van der Waals surface area contributed by atoms with Gasteiger partial charge in [0, 0.05) is 16.3 Å². The van der Waals surface area contributed by atoms with E-state index in [9.17, 15) is 9.18 Å². The number of hydrogen-bond acceptors (Lipinski definition) is 2. The van der Waals surface area contributed by atoms with Crippen molar-refractivity contribution in [3.8, 4) is 0 Å². The smallest absolute Gasteiger partial charge is 0.261 e. The molecule has 2 N–H and O–H groups in total. The van der Waals surface area contributed by atoms with Crippen molar-refractivity contribution in [2.24, 2.45) is 5.73 Å². The van der Waals surface area contributed by atoms with Crippen molar-refractivity contribution in [1.82, 2.24) is 4.57 Å². The molecular weight excluding hydrogens is 299 g/mol. The van der Waals surface area contributed by atoms with E-state index in [1.165, 1.54) is 22.8 Å². The highest BCUT2D eigenvalue weighted by Crippen LogP contribution is 2.16. The molecule has 6 heteroatoms. The van der Waals surface area contributed by atoms with Gasteiger partial charge in [-0.15, -0.1) is 0 Å². The summed E-state index contributed by atoms with van der Waals surface area (Å²) in [5.41, 5.74) is 6.44. The zero-order valence-electron chi connectivity index (χ0n) is 10.7. The Balaban J connectivity index is 2.53. The summed E-state index contributed by atoms with van der Waals surface area (Å²) in [5, 5.41) is 0.414. The van der Waals surface area contributed by atoms with Gasteiger partial charge in [-0.2, -0.15) is 0 Å². The van der Waals surface area contributed by atoms with Crippen LogP contribution in [0.5, 0.6) is 0 Å². The minimum absolute atomic E-state index is 0.0234. The monoisotopic (exact) mass is 310 g/mol. The van der Waals surface area contributed by atoms with E-state index in [4.69, 9.17) is 29.6 Å². The molecule has 0 amide bonds. The maximum absolute atomic E-state index is 13.8. The normalized spacial score (nSPS) is 10.6.